The van der Waals surface area contributed by atoms with Crippen LogP contribution in [0.4, 0.5) is 5.69 Å². The Bertz CT molecular complexity index is 1330. The lowest BCUT2D eigenvalue weighted by Gasteiger charge is -2.29. The Morgan fingerprint density at radius 1 is 1.03 bits per heavy atom. The van der Waals surface area contributed by atoms with Gasteiger partial charge in [-0.2, -0.15) is 0 Å². The highest BCUT2D eigenvalue weighted by Gasteiger charge is 2.42. The van der Waals surface area contributed by atoms with Gasteiger partial charge in [0.1, 0.15) is 0 Å². The Hall–Kier alpha value is -2.89. The van der Waals surface area contributed by atoms with E-state index in [0.29, 0.717) is 21.7 Å². The summed E-state index contributed by atoms with van der Waals surface area (Å²) in [5.41, 5.74) is 7.87. The van der Waals surface area contributed by atoms with Gasteiger partial charge in [-0.1, -0.05) is 55.1 Å². The number of nitrogens with zero attached hydrogens (tertiary/aromatic N) is 1. The van der Waals surface area contributed by atoms with Gasteiger partial charge in [-0.25, -0.2) is 4.79 Å². The van der Waals surface area contributed by atoms with Crippen molar-refractivity contribution < 1.29 is 9.90 Å². The van der Waals surface area contributed by atoms with E-state index in [9.17, 15) is 9.90 Å². The molecule has 2 unspecified atom stereocenters. The average Bonchev–Trinajstić information content (AvgIpc) is 3.48. The first-order chi connectivity index (χ1) is 16.0. The molecule has 2 aromatic carbocycles. The van der Waals surface area contributed by atoms with Gasteiger partial charge in [-0.05, 0) is 73.2 Å². The van der Waals surface area contributed by atoms with Crippen LogP contribution >= 0.6 is 24.4 Å². The summed E-state index contributed by atoms with van der Waals surface area (Å²) in [5.74, 6) is -0.395. The lowest BCUT2D eigenvalue weighted by Crippen LogP contribution is -2.30. The SMILES string of the molecule is O=C(O)c1ccc2c(c1)C(=S)/C(=C\c1ccc3c(c1)C1CCCC1N3C1=CCCC=C1)C2=S. The monoisotopic (exact) mass is 469 g/mol. The molecule has 3 aliphatic carbocycles. The number of allylic oxidation sites excluding steroid dienone is 4. The molecule has 1 saturated carbocycles. The molecular weight excluding hydrogens is 446 g/mol. The van der Waals surface area contributed by atoms with Crippen LogP contribution in [0.15, 0.2) is 65.9 Å². The smallest absolute Gasteiger partial charge is 0.335 e. The molecule has 0 bridgehead atoms. The Labute approximate surface area is 204 Å². The molecule has 0 radical (unpaired) electrons. The van der Waals surface area contributed by atoms with Crippen molar-refractivity contribution in [2.24, 2.45) is 0 Å². The summed E-state index contributed by atoms with van der Waals surface area (Å²) in [7, 11) is 0. The van der Waals surface area contributed by atoms with Gasteiger partial charge in [0, 0.05) is 40.0 Å². The lowest BCUT2D eigenvalue weighted by molar-refractivity contribution is 0.0697. The molecule has 1 heterocycles. The number of rotatable bonds is 3. The summed E-state index contributed by atoms with van der Waals surface area (Å²) in [6, 6.07) is 12.3. The molecule has 5 heteroatoms. The number of hydrogen-bond acceptors (Lipinski definition) is 4. The highest BCUT2D eigenvalue weighted by atomic mass is 32.1. The zero-order valence-corrected chi connectivity index (χ0v) is 19.7. The van der Waals surface area contributed by atoms with Gasteiger partial charge < -0.3 is 10.0 Å². The van der Waals surface area contributed by atoms with Crippen molar-refractivity contribution in [2.75, 3.05) is 4.90 Å². The molecule has 4 aliphatic rings. The number of hydrogen-bond donors (Lipinski definition) is 1. The fraction of sp³-hybridized carbons (Fsp3) is 0.250. The predicted molar refractivity (Wildman–Crippen MR) is 141 cm³/mol. The quantitative estimate of drug-likeness (QED) is 0.405. The van der Waals surface area contributed by atoms with Crippen LogP contribution in [0.5, 0.6) is 0 Å². The van der Waals surface area contributed by atoms with Gasteiger partial charge in [-0.15, -0.1) is 0 Å². The van der Waals surface area contributed by atoms with E-state index < -0.39 is 5.97 Å². The maximum Gasteiger partial charge on any atom is 0.335 e. The molecule has 3 nitrogen and oxygen atoms in total. The largest absolute Gasteiger partial charge is 0.478 e. The number of aromatic carboxylic acids is 1. The molecular formula is C28H23NO2S2. The molecule has 1 aliphatic heterocycles. The summed E-state index contributed by atoms with van der Waals surface area (Å²) in [5, 5.41) is 9.35. The molecule has 1 N–H and O–H groups in total. The van der Waals surface area contributed by atoms with E-state index in [2.05, 4.69) is 47.4 Å². The molecule has 2 atom stereocenters. The molecule has 1 fully saturated rings. The van der Waals surface area contributed by atoms with Crippen molar-refractivity contribution in [3.63, 3.8) is 0 Å². The average molecular weight is 470 g/mol. The molecule has 164 valence electrons. The van der Waals surface area contributed by atoms with Gasteiger partial charge in [-0.3, -0.25) is 0 Å². The van der Waals surface area contributed by atoms with Crippen LogP contribution in [0.1, 0.15) is 70.6 Å². The summed E-state index contributed by atoms with van der Waals surface area (Å²) in [6.45, 7) is 0. The number of carbonyl (C=O) groups is 1. The van der Waals surface area contributed by atoms with Crippen LogP contribution in [0, 0.1) is 0 Å². The van der Waals surface area contributed by atoms with Crippen molar-refractivity contribution in [2.45, 2.75) is 44.1 Å². The van der Waals surface area contributed by atoms with Gasteiger partial charge in [0.25, 0.3) is 0 Å². The summed E-state index contributed by atoms with van der Waals surface area (Å²) >= 11 is 11.5. The number of thiocarbonyl (C=S) groups is 2. The molecule has 6 rings (SSSR count). The number of carboxylic acid groups (broad SMARTS) is 1. The van der Waals surface area contributed by atoms with E-state index in [1.807, 2.05) is 0 Å². The van der Waals surface area contributed by atoms with Crippen LogP contribution in [0.25, 0.3) is 6.08 Å². The van der Waals surface area contributed by atoms with E-state index in [-0.39, 0.29) is 5.56 Å². The second-order valence-electron chi connectivity index (χ2n) is 9.18. The van der Waals surface area contributed by atoms with Crippen LogP contribution in [-0.4, -0.2) is 26.8 Å². The molecule has 0 amide bonds. The van der Waals surface area contributed by atoms with Crippen LogP contribution in [0.2, 0.25) is 0 Å². The highest BCUT2D eigenvalue weighted by molar-refractivity contribution is 7.84. The minimum atomic E-state index is -0.957. The molecule has 0 spiro atoms. The number of anilines is 1. The summed E-state index contributed by atoms with van der Waals surface area (Å²) in [4.78, 5) is 15.3. The predicted octanol–water partition coefficient (Wildman–Crippen LogP) is 6.61. The Balaban J connectivity index is 1.38. The summed E-state index contributed by atoms with van der Waals surface area (Å²) in [6.07, 6.45) is 15.0. The molecule has 33 heavy (non-hydrogen) atoms. The van der Waals surface area contributed by atoms with Crippen LogP contribution < -0.4 is 4.90 Å². The van der Waals surface area contributed by atoms with E-state index >= 15 is 0 Å². The third-order valence-electron chi connectivity index (χ3n) is 7.33. The highest BCUT2D eigenvalue weighted by Crippen LogP contribution is 2.51. The number of carboxylic acids is 1. The third kappa shape index (κ3) is 3.25. The molecule has 0 aromatic heterocycles. The first-order valence-electron chi connectivity index (χ1n) is 11.5. The first-order valence-corrected chi connectivity index (χ1v) is 12.3. The van der Waals surface area contributed by atoms with Crippen molar-refractivity contribution >= 4 is 51.9 Å². The summed E-state index contributed by atoms with van der Waals surface area (Å²) < 4.78 is 0. The maximum absolute atomic E-state index is 11.4. The van der Waals surface area contributed by atoms with E-state index in [1.165, 1.54) is 36.2 Å². The van der Waals surface area contributed by atoms with Gasteiger partial charge in [0.15, 0.2) is 0 Å². The molecule has 0 saturated heterocycles. The minimum absolute atomic E-state index is 0.233. The molecule has 2 aromatic rings. The van der Waals surface area contributed by atoms with Gasteiger partial charge in [0.05, 0.1) is 15.3 Å². The maximum atomic E-state index is 11.4. The van der Waals surface area contributed by atoms with E-state index in [1.54, 1.807) is 18.2 Å². The topological polar surface area (TPSA) is 40.5 Å². The van der Waals surface area contributed by atoms with Crippen LogP contribution in [-0.2, 0) is 0 Å². The number of fused-ring (bicyclic) bond motifs is 4. The van der Waals surface area contributed by atoms with Crippen molar-refractivity contribution in [1.29, 1.82) is 0 Å². The zero-order chi connectivity index (χ0) is 22.7. The standard InChI is InChI=1S/C28H23NO2S2/c30-28(31)17-10-11-20-22(15-17)27(33)23(26(20)32)14-16-9-12-25-21(13-16)19-7-4-8-24(19)29(25)18-5-2-1-3-6-18/h2,5-6,9-15,19,24H,1,3-4,7-8H2,(H,30,31)/b23-14-. The number of benzene rings is 2. The lowest BCUT2D eigenvalue weighted by atomic mass is 9.95. The normalized spacial score (nSPS) is 24.2. The van der Waals surface area contributed by atoms with Crippen molar-refractivity contribution in [3.8, 4) is 0 Å². The van der Waals surface area contributed by atoms with E-state index in [0.717, 1.165) is 35.1 Å². The minimum Gasteiger partial charge on any atom is -0.478 e. The van der Waals surface area contributed by atoms with Gasteiger partial charge >= 0.3 is 5.97 Å². The van der Waals surface area contributed by atoms with E-state index in [4.69, 9.17) is 24.4 Å². The fourth-order valence-corrected chi connectivity index (χ4v) is 6.57. The Morgan fingerprint density at radius 3 is 2.67 bits per heavy atom. The Morgan fingerprint density at radius 2 is 1.88 bits per heavy atom. The fourth-order valence-electron chi connectivity index (χ4n) is 5.83. The van der Waals surface area contributed by atoms with Crippen molar-refractivity contribution in [1.82, 2.24) is 0 Å². The third-order valence-corrected chi connectivity index (χ3v) is 8.21. The zero-order valence-electron chi connectivity index (χ0n) is 18.1. The Kier molecular flexibility index (Phi) is 4.93. The second kappa shape index (κ2) is 7.86. The van der Waals surface area contributed by atoms with Crippen molar-refractivity contribution in [3.05, 3.63) is 93.7 Å². The second-order valence-corrected chi connectivity index (χ2v) is 10.00. The van der Waals surface area contributed by atoms with Crippen LogP contribution in [0.3, 0.4) is 0 Å². The first kappa shape index (κ1) is 20.7. The van der Waals surface area contributed by atoms with Gasteiger partial charge in [0.2, 0.25) is 0 Å².